The van der Waals surface area contributed by atoms with Crippen LogP contribution in [0.15, 0.2) is 77.4 Å². The summed E-state index contributed by atoms with van der Waals surface area (Å²) in [7, 11) is 0. The summed E-state index contributed by atoms with van der Waals surface area (Å²) < 4.78 is 5.03. The largest absolute Gasteiger partial charge is 0.459 e. The zero-order valence-corrected chi connectivity index (χ0v) is 15.1. The number of carbonyl (C=O) groups is 2. The summed E-state index contributed by atoms with van der Waals surface area (Å²) >= 11 is 0. The predicted octanol–water partition coefficient (Wildman–Crippen LogP) is 3.61. The molecule has 0 saturated carbocycles. The first kappa shape index (κ1) is 18.5. The molecular weight excluding hydrogens is 340 g/mol. The van der Waals surface area contributed by atoms with E-state index in [2.05, 4.69) is 10.6 Å². The van der Waals surface area contributed by atoms with Gasteiger partial charge < -0.3 is 15.1 Å². The first-order valence-electron chi connectivity index (χ1n) is 8.86. The second-order valence-corrected chi connectivity index (χ2v) is 6.31. The van der Waals surface area contributed by atoms with Gasteiger partial charge in [0.1, 0.15) is 0 Å². The molecule has 5 nitrogen and oxygen atoms in total. The summed E-state index contributed by atoms with van der Waals surface area (Å²) in [4.78, 5) is 24.3. The molecule has 2 aromatic carbocycles. The molecule has 0 aliphatic carbocycles. The third-order valence-electron chi connectivity index (χ3n) is 4.23. The molecule has 0 spiro atoms. The molecule has 3 rings (SSSR count). The maximum absolute atomic E-state index is 12.4. The fourth-order valence-corrected chi connectivity index (χ4v) is 2.78. The van der Waals surface area contributed by atoms with Gasteiger partial charge in [0.25, 0.3) is 5.91 Å². The molecule has 0 saturated heterocycles. The van der Waals surface area contributed by atoms with Crippen LogP contribution in [0.4, 0.5) is 0 Å². The van der Waals surface area contributed by atoms with Crippen LogP contribution in [0, 0.1) is 6.92 Å². The lowest BCUT2D eigenvalue weighted by Crippen LogP contribution is -2.33. The van der Waals surface area contributed by atoms with Crippen LogP contribution >= 0.6 is 0 Å². The van der Waals surface area contributed by atoms with E-state index in [0.717, 1.165) is 16.7 Å². The van der Waals surface area contributed by atoms with Gasteiger partial charge in [-0.25, -0.2) is 0 Å². The number of amides is 2. The van der Waals surface area contributed by atoms with E-state index in [4.69, 9.17) is 4.42 Å². The van der Waals surface area contributed by atoms with E-state index >= 15 is 0 Å². The average Bonchev–Trinajstić information content (AvgIpc) is 3.22. The maximum atomic E-state index is 12.4. The van der Waals surface area contributed by atoms with E-state index in [9.17, 15) is 9.59 Å². The van der Waals surface area contributed by atoms with Crippen LogP contribution in [0.5, 0.6) is 0 Å². The Morgan fingerprint density at radius 1 is 0.926 bits per heavy atom. The van der Waals surface area contributed by atoms with Crippen LogP contribution in [-0.2, 0) is 4.79 Å². The van der Waals surface area contributed by atoms with Crippen LogP contribution in [0.25, 0.3) is 0 Å². The number of aryl methyl sites for hydroxylation is 1. The van der Waals surface area contributed by atoms with Gasteiger partial charge in [-0.2, -0.15) is 0 Å². The fraction of sp³-hybridized carbons (Fsp3) is 0.182. The molecule has 0 aliphatic rings. The molecule has 0 bridgehead atoms. The molecule has 138 valence electrons. The van der Waals surface area contributed by atoms with Gasteiger partial charge in [-0.05, 0) is 30.2 Å². The van der Waals surface area contributed by atoms with Gasteiger partial charge in [-0.15, -0.1) is 0 Å². The topological polar surface area (TPSA) is 71.3 Å². The smallest absolute Gasteiger partial charge is 0.286 e. The van der Waals surface area contributed by atoms with Gasteiger partial charge in [0.2, 0.25) is 5.91 Å². The van der Waals surface area contributed by atoms with E-state index in [1.165, 1.54) is 6.26 Å². The SMILES string of the molecule is Cc1ccc([C@@H](NC(=O)CCNC(=O)c2ccco2)c2ccccc2)cc1. The van der Waals surface area contributed by atoms with Crippen LogP contribution in [0.2, 0.25) is 0 Å². The van der Waals surface area contributed by atoms with Crippen molar-refractivity contribution in [3.63, 3.8) is 0 Å². The summed E-state index contributed by atoms with van der Waals surface area (Å²) in [6, 6.07) is 20.9. The van der Waals surface area contributed by atoms with Crippen molar-refractivity contribution < 1.29 is 14.0 Å². The molecule has 1 atom stereocenters. The second-order valence-electron chi connectivity index (χ2n) is 6.31. The fourth-order valence-electron chi connectivity index (χ4n) is 2.78. The molecule has 27 heavy (non-hydrogen) atoms. The van der Waals surface area contributed by atoms with E-state index < -0.39 is 0 Å². The number of furan rings is 1. The summed E-state index contributed by atoms with van der Waals surface area (Å²) in [5, 5.41) is 5.75. The van der Waals surface area contributed by atoms with Crippen LogP contribution in [0.3, 0.4) is 0 Å². The van der Waals surface area contributed by atoms with Gasteiger partial charge in [0, 0.05) is 13.0 Å². The van der Waals surface area contributed by atoms with Crippen molar-refractivity contribution in [3.8, 4) is 0 Å². The Morgan fingerprint density at radius 2 is 1.63 bits per heavy atom. The monoisotopic (exact) mass is 362 g/mol. The minimum absolute atomic E-state index is 0.135. The number of hydrogen-bond donors (Lipinski definition) is 2. The lowest BCUT2D eigenvalue weighted by molar-refractivity contribution is -0.121. The quantitative estimate of drug-likeness (QED) is 0.674. The highest BCUT2D eigenvalue weighted by atomic mass is 16.3. The van der Waals surface area contributed by atoms with Crippen molar-refractivity contribution in [3.05, 3.63) is 95.4 Å². The first-order valence-corrected chi connectivity index (χ1v) is 8.86. The van der Waals surface area contributed by atoms with Crippen LogP contribution in [0.1, 0.15) is 39.7 Å². The van der Waals surface area contributed by atoms with Crippen LogP contribution < -0.4 is 10.6 Å². The lowest BCUT2D eigenvalue weighted by atomic mass is 9.97. The first-order chi connectivity index (χ1) is 13.1. The number of nitrogens with one attached hydrogen (secondary N) is 2. The zero-order chi connectivity index (χ0) is 19.1. The number of hydrogen-bond acceptors (Lipinski definition) is 3. The summed E-state index contributed by atoms with van der Waals surface area (Å²) in [5.41, 5.74) is 3.19. The van der Waals surface area contributed by atoms with Gasteiger partial charge in [0.05, 0.1) is 12.3 Å². The Balaban J connectivity index is 1.62. The van der Waals surface area contributed by atoms with Crippen molar-refractivity contribution in [1.29, 1.82) is 0 Å². The van der Waals surface area contributed by atoms with Crippen LogP contribution in [-0.4, -0.2) is 18.4 Å². The molecule has 2 N–H and O–H groups in total. The Bertz CT molecular complexity index is 872. The van der Waals surface area contributed by atoms with Crippen molar-refractivity contribution in [1.82, 2.24) is 10.6 Å². The summed E-state index contributed by atoms with van der Waals surface area (Å²) in [6.07, 6.45) is 1.62. The molecule has 1 heterocycles. The van der Waals surface area contributed by atoms with Gasteiger partial charge in [-0.3, -0.25) is 9.59 Å². The van der Waals surface area contributed by atoms with E-state index in [1.807, 2.05) is 61.5 Å². The highest BCUT2D eigenvalue weighted by Crippen LogP contribution is 2.22. The molecule has 0 fully saturated rings. The molecular formula is C22H22N2O3. The lowest BCUT2D eigenvalue weighted by Gasteiger charge is -2.20. The average molecular weight is 362 g/mol. The van der Waals surface area contributed by atoms with Crippen molar-refractivity contribution in [2.45, 2.75) is 19.4 Å². The van der Waals surface area contributed by atoms with Crippen molar-refractivity contribution >= 4 is 11.8 Å². The van der Waals surface area contributed by atoms with E-state index in [0.29, 0.717) is 0 Å². The molecule has 2 amide bonds. The van der Waals surface area contributed by atoms with E-state index in [-0.39, 0.29) is 36.6 Å². The van der Waals surface area contributed by atoms with Gasteiger partial charge in [-0.1, -0.05) is 60.2 Å². The van der Waals surface area contributed by atoms with Crippen molar-refractivity contribution in [2.75, 3.05) is 6.54 Å². The number of rotatable bonds is 7. The number of benzene rings is 2. The summed E-state index contributed by atoms with van der Waals surface area (Å²) in [5.74, 6) is -0.229. The third kappa shape index (κ3) is 5.07. The Labute approximate surface area is 158 Å². The highest BCUT2D eigenvalue weighted by molar-refractivity contribution is 5.91. The Morgan fingerprint density at radius 3 is 2.30 bits per heavy atom. The third-order valence-corrected chi connectivity index (χ3v) is 4.23. The van der Waals surface area contributed by atoms with Crippen molar-refractivity contribution in [2.24, 2.45) is 0 Å². The maximum Gasteiger partial charge on any atom is 0.286 e. The number of carbonyl (C=O) groups excluding carboxylic acids is 2. The molecule has 3 aromatic rings. The molecule has 0 radical (unpaired) electrons. The highest BCUT2D eigenvalue weighted by Gasteiger charge is 2.17. The van der Waals surface area contributed by atoms with Gasteiger partial charge in [0.15, 0.2) is 5.76 Å². The standard InChI is InChI=1S/C22H22N2O3/c1-16-9-11-18(12-10-16)21(17-6-3-2-4-7-17)24-20(25)13-14-23-22(26)19-8-5-15-27-19/h2-12,15,21H,13-14H2,1H3,(H,23,26)(H,24,25)/t21-/m0/s1. The molecule has 1 aromatic heterocycles. The Hall–Kier alpha value is -3.34. The van der Waals surface area contributed by atoms with E-state index in [1.54, 1.807) is 12.1 Å². The second kappa shape index (κ2) is 8.85. The molecule has 5 heteroatoms. The Kier molecular flexibility index (Phi) is 6.05. The zero-order valence-electron chi connectivity index (χ0n) is 15.1. The minimum Gasteiger partial charge on any atom is -0.459 e. The predicted molar refractivity (Wildman–Crippen MR) is 103 cm³/mol. The molecule has 0 aliphatic heterocycles. The summed E-state index contributed by atoms with van der Waals surface area (Å²) in [6.45, 7) is 2.27. The minimum atomic E-state index is -0.328. The van der Waals surface area contributed by atoms with Gasteiger partial charge >= 0.3 is 0 Å². The molecule has 0 unspecified atom stereocenters. The normalized spacial score (nSPS) is 11.6.